The zero-order valence-corrected chi connectivity index (χ0v) is 11.6. The Bertz CT molecular complexity index is 688. The minimum Gasteiger partial charge on any atom is -0.322 e. The Morgan fingerprint density at radius 3 is 2.67 bits per heavy atom. The molecule has 0 atom stereocenters. The van der Waals surface area contributed by atoms with E-state index in [2.05, 4.69) is 10.3 Å². The van der Waals surface area contributed by atoms with Crippen LogP contribution in [0.1, 0.15) is 17.3 Å². The van der Waals surface area contributed by atoms with Gasteiger partial charge in [0.2, 0.25) is 11.9 Å². The second kappa shape index (κ2) is 6.13. The van der Waals surface area contributed by atoms with Crippen LogP contribution in [0, 0.1) is 5.95 Å². The Balaban J connectivity index is 2.18. The molecule has 5 nitrogen and oxygen atoms in total. The van der Waals surface area contributed by atoms with Crippen LogP contribution in [0.5, 0.6) is 0 Å². The highest BCUT2D eigenvalue weighted by molar-refractivity contribution is 6.04. The van der Waals surface area contributed by atoms with Crippen molar-refractivity contribution in [3.05, 3.63) is 54.1 Å². The lowest BCUT2D eigenvalue weighted by Crippen LogP contribution is -2.23. The van der Waals surface area contributed by atoms with Gasteiger partial charge in [0, 0.05) is 43.2 Å². The second-order valence-corrected chi connectivity index (χ2v) is 4.45. The zero-order chi connectivity index (χ0) is 15.4. The molecule has 108 valence electrons. The van der Waals surface area contributed by atoms with Crippen LogP contribution >= 0.6 is 0 Å². The van der Waals surface area contributed by atoms with Crippen molar-refractivity contribution in [3.63, 3.8) is 0 Å². The second-order valence-electron chi connectivity index (χ2n) is 4.45. The highest BCUT2D eigenvalue weighted by atomic mass is 19.1. The smallest absolute Gasteiger partial charge is 0.255 e. The minimum absolute atomic E-state index is 0.116. The number of rotatable bonds is 3. The van der Waals surface area contributed by atoms with Gasteiger partial charge < -0.3 is 10.2 Å². The van der Waals surface area contributed by atoms with Crippen molar-refractivity contribution >= 4 is 23.2 Å². The Hall–Kier alpha value is -2.76. The number of hydrogen-bond donors (Lipinski definition) is 1. The molecule has 2 aromatic rings. The van der Waals surface area contributed by atoms with Gasteiger partial charge in [-0.2, -0.15) is 4.39 Å². The van der Waals surface area contributed by atoms with Crippen LogP contribution in [0.4, 0.5) is 15.8 Å². The quantitative estimate of drug-likeness (QED) is 0.882. The molecule has 6 heteroatoms. The fourth-order valence-corrected chi connectivity index (χ4v) is 1.72. The number of anilines is 2. The number of halogens is 1. The van der Waals surface area contributed by atoms with Gasteiger partial charge in [0.05, 0.1) is 0 Å². The lowest BCUT2D eigenvalue weighted by Gasteiger charge is -2.16. The van der Waals surface area contributed by atoms with E-state index < -0.39 is 11.9 Å². The number of aromatic nitrogens is 1. The number of carbonyl (C=O) groups excluding carboxylic acids is 2. The number of amides is 2. The van der Waals surface area contributed by atoms with Crippen molar-refractivity contribution < 1.29 is 14.0 Å². The predicted octanol–water partition coefficient (Wildman–Crippen LogP) is 2.46. The summed E-state index contributed by atoms with van der Waals surface area (Å²) in [5.41, 5.74) is 1.34. The summed E-state index contributed by atoms with van der Waals surface area (Å²) in [6, 6.07) is 9.30. The molecule has 1 heterocycles. The summed E-state index contributed by atoms with van der Waals surface area (Å²) < 4.78 is 13.0. The first-order chi connectivity index (χ1) is 9.97. The Morgan fingerprint density at radius 1 is 1.24 bits per heavy atom. The van der Waals surface area contributed by atoms with Crippen LogP contribution in [0.2, 0.25) is 0 Å². The maximum absolute atomic E-state index is 13.0. The predicted molar refractivity (Wildman–Crippen MR) is 77.7 cm³/mol. The van der Waals surface area contributed by atoms with Gasteiger partial charge in [-0.15, -0.1) is 0 Å². The molecule has 0 spiro atoms. The number of pyridine rings is 1. The van der Waals surface area contributed by atoms with Gasteiger partial charge in [-0.1, -0.05) is 6.07 Å². The van der Waals surface area contributed by atoms with E-state index in [4.69, 9.17) is 0 Å². The first-order valence-corrected chi connectivity index (χ1v) is 6.24. The maximum Gasteiger partial charge on any atom is 0.255 e. The van der Waals surface area contributed by atoms with Gasteiger partial charge in [0.1, 0.15) is 0 Å². The van der Waals surface area contributed by atoms with Gasteiger partial charge in [-0.3, -0.25) is 9.59 Å². The van der Waals surface area contributed by atoms with Crippen molar-refractivity contribution in [1.29, 1.82) is 0 Å². The van der Waals surface area contributed by atoms with E-state index in [9.17, 15) is 14.0 Å². The summed E-state index contributed by atoms with van der Waals surface area (Å²) in [7, 11) is 1.64. The Morgan fingerprint density at radius 2 is 2.00 bits per heavy atom. The molecule has 1 aromatic carbocycles. The standard InChI is InChI=1S/C15H14FN3O2/c1-10(20)19(2)13-5-3-4-12(9-13)18-15(21)11-6-7-17-14(16)8-11/h3-9H,1-2H3,(H,18,21). The van der Waals surface area contributed by atoms with Crippen molar-refractivity contribution in [3.8, 4) is 0 Å². The molecule has 2 rings (SSSR count). The summed E-state index contributed by atoms with van der Waals surface area (Å²) in [5, 5.41) is 2.65. The molecule has 0 bridgehead atoms. The minimum atomic E-state index is -0.715. The maximum atomic E-state index is 13.0. The third-order valence-electron chi connectivity index (χ3n) is 2.95. The average Bonchev–Trinajstić information content (AvgIpc) is 2.46. The zero-order valence-electron chi connectivity index (χ0n) is 11.6. The topological polar surface area (TPSA) is 62.3 Å². The molecule has 21 heavy (non-hydrogen) atoms. The number of benzene rings is 1. The van der Waals surface area contributed by atoms with E-state index in [0.717, 1.165) is 6.07 Å². The fourth-order valence-electron chi connectivity index (χ4n) is 1.72. The van der Waals surface area contributed by atoms with Crippen molar-refractivity contribution in [2.24, 2.45) is 0 Å². The van der Waals surface area contributed by atoms with E-state index in [1.807, 2.05) is 0 Å². The first-order valence-electron chi connectivity index (χ1n) is 6.24. The lowest BCUT2D eigenvalue weighted by atomic mass is 10.2. The van der Waals surface area contributed by atoms with Crippen molar-refractivity contribution in [1.82, 2.24) is 4.98 Å². The number of hydrogen-bond acceptors (Lipinski definition) is 3. The number of nitrogens with one attached hydrogen (secondary N) is 1. The number of nitrogens with zero attached hydrogens (tertiary/aromatic N) is 2. The largest absolute Gasteiger partial charge is 0.322 e. The van der Waals surface area contributed by atoms with Crippen LogP contribution in [-0.2, 0) is 4.79 Å². The molecule has 0 aliphatic rings. The summed E-state index contributed by atoms with van der Waals surface area (Å²) in [4.78, 5) is 28.2. The number of carbonyl (C=O) groups is 2. The third kappa shape index (κ3) is 3.62. The summed E-state index contributed by atoms with van der Waals surface area (Å²) in [6.07, 6.45) is 1.23. The Labute approximate surface area is 121 Å². The summed E-state index contributed by atoms with van der Waals surface area (Å²) in [5.74, 6) is -1.28. The molecule has 0 aliphatic heterocycles. The van der Waals surface area contributed by atoms with Crippen LogP contribution in [0.3, 0.4) is 0 Å². The molecule has 1 aromatic heterocycles. The fraction of sp³-hybridized carbons (Fsp3) is 0.133. The van der Waals surface area contributed by atoms with Crippen molar-refractivity contribution in [2.45, 2.75) is 6.92 Å². The van der Waals surface area contributed by atoms with Gasteiger partial charge >= 0.3 is 0 Å². The van der Waals surface area contributed by atoms with E-state index in [1.54, 1.807) is 31.3 Å². The van der Waals surface area contributed by atoms with Gasteiger partial charge in [-0.25, -0.2) is 4.98 Å². The molecular weight excluding hydrogens is 273 g/mol. The van der Waals surface area contributed by atoms with Gasteiger partial charge in [0.25, 0.3) is 5.91 Å². The van der Waals surface area contributed by atoms with Crippen LogP contribution in [-0.4, -0.2) is 23.8 Å². The van der Waals surface area contributed by atoms with Gasteiger partial charge in [0.15, 0.2) is 0 Å². The highest BCUT2D eigenvalue weighted by Crippen LogP contribution is 2.19. The van der Waals surface area contributed by atoms with E-state index >= 15 is 0 Å². The average molecular weight is 287 g/mol. The molecule has 2 amide bonds. The molecule has 0 saturated carbocycles. The third-order valence-corrected chi connectivity index (χ3v) is 2.95. The molecule has 0 radical (unpaired) electrons. The molecule has 0 unspecified atom stereocenters. The molecule has 0 saturated heterocycles. The normalized spacial score (nSPS) is 10.0. The molecule has 0 aliphatic carbocycles. The van der Waals surface area contributed by atoms with Crippen LogP contribution < -0.4 is 10.2 Å². The first kappa shape index (κ1) is 14.6. The lowest BCUT2D eigenvalue weighted by molar-refractivity contribution is -0.116. The highest BCUT2D eigenvalue weighted by Gasteiger charge is 2.10. The van der Waals surface area contributed by atoms with Crippen molar-refractivity contribution in [2.75, 3.05) is 17.3 Å². The van der Waals surface area contributed by atoms with E-state index in [1.165, 1.54) is 24.1 Å². The van der Waals surface area contributed by atoms with E-state index in [0.29, 0.717) is 11.4 Å². The summed E-state index contributed by atoms with van der Waals surface area (Å²) >= 11 is 0. The van der Waals surface area contributed by atoms with Crippen LogP contribution in [0.15, 0.2) is 42.6 Å². The molecular formula is C15H14FN3O2. The monoisotopic (exact) mass is 287 g/mol. The van der Waals surface area contributed by atoms with Crippen LogP contribution in [0.25, 0.3) is 0 Å². The van der Waals surface area contributed by atoms with Gasteiger partial charge in [-0.05, 0) is 24.3 Å². The molecule has 1 N–H and O–H groups in total. The summed E-state index contributed by atoms with van der Waals surface area (Å²) in [6.45, 7) is 1.45. The molecule has 0 fully saturated rings. The SMILES string of the molecule is CC(=O)N(C)c1cccc(NC(=O)c2ccnc(F)c2)c1. The van der Waals surface area contributed by atoms with E-state index in [-0.39, 0.29) is 11.5 Å². The Kier molecular flexibility index (Phi) is 4.27.